The largest absolute Gasteiger partial charge is 2.00 e. The molecule has 1 saturated heterocycles. The van der Waals surface area contributed by atoms with Crippen LogP contribution in [0.25, 0.3) is 11.5 Å². The van der Waals surface area contributed by atoms with Crippen LogP contribution in [0.2, 0.25) is 0 Å². The van der Waals surface area contributed by atoms with E-state index < -0.39 is 29.4 Å². The molecule has 0 spiro atoms. The topological polar surface area (TPSA) is 167 Å². The van der Waals surface area contributed by atoms with Crippen LogP contribution < -0.4 is 0 Å². The fraction of sp³-hybridized carbons (Fsp3) is 0.812. The second-order valence-corrected chi connectivity index (χ2v) is 6.70. The van der Waals surface area contributed by atoms with Crippen LogP contribution in [0, 0.1) is 11.3 Å². The van der Waals surface area contributed by atoms with E-state index in [1.807, 2.05) is 13.8 Å². The Balaban J connectivity index is 0.000000488. The summed E-state index contributed by atoms with van der Waals surface area (Å²) in [5, 5.41) is 17.4. The van der Waals surface area contributed by atoms with Gasteiger partial charge < -0.3 is 35.9 Å². The normalized spacial score (nSPS) is 24.2. The number of carboxylic acids is 2. The summed E-state index contributed by atoms with van der Waals surface area (Å²) in [5.74, 6) is -2.99. The molecule has 0 bridgehead atoms. The third-order valence-electron chi connectivity index (χ3n) is 4.28. The quantitative estimate of drug-likeness (QED) is 0.360. The zero-order chi connectivity index (χ0) is 20.1. The summed E-state index contributed by atoms with van der Waals surface area (Å²) in [6, 6.07) is 0. The molecule has 11 heteroatoms. The van der Waals surface area contributed by atoms with Gasteiger partial charge in [-0.15, -0.1) is 13.1 Å². The van der Waals surface area contributed by atoms with E-state index in [0.29, 0.717) is 5.92 Å². The molecule has 1 aliphatic heterocycles. The SMILES string of the molecule is CC(=O)OC1CC(C(=O)O)(C(=O)O)C1.CC(C)C1O[C@H](C[NH-])[C@@H](C[NH-])O1.[Pt+2]. The summed E-state index contributed by atoms with van der Waals surface area (Å²) in [4.78, 5) is 31.8. The Morgan fingerprint density at radius 1 is 1.07 bits per heavy atom. The Morgan fingerprint density at radius 3 is 1.74 bits per heavy atom. The molecule has 0 radical (unpaired) electrons. The first kappa shape index (κ1) is 25.9. The summed E-state index contributed by atoms with van der Waals surface area (Å²) in [6.07, 6.45) is -1.51. The molecule has 2 fully saturated rings. The van der Waals surface area contributed by atoms with E-state index >= 15 is 0 Å². The van der Waals surface area contributed by atoms with Gasteiger partial charge in [-0.05, 0) is 0 Å². The van der Waals surface area contributed by atoms with E-state index in [1.165, 1.54) is 6.92 Å². The molecule has 2 rings (SSSR count). The van der Waals surface area contributed by atoms with Crippen molar-refractivity contribution in [3.8, 4) is 0 Å². The van der Waals surface area contributed by atoms with E-state index in [9.17, 15) is 14.4 Å². The molecule has 2 aliphatic rings. The van der Waals surface area contributed by atoms with Crippen LogP contribution in [0.1, 0.15) is 33.6 Å². The number of carboxylic acid groups (broad SMARTS) is 2. The van der Waals surface area contributed by atoms with Crippen molar-refractivity contribution in [1.29, 1.82) is 0 Å². The van der Waals surface area contributed by atoms with E-state index in [2.05, 4.69) is 4.74 Å². The van der Waals surface area contributed by atoms with Crippen molar-refractivity contribution in [1.82, 2.24) is 0 Å². The molecule has 1 saturated carbocycles. The molecule has 0 unspecified atom stereocenters. The number of rotatable bonds is 6. The summed E-state index contributed by atoms with van der Waals surface area (Å²) in [6.45, 7) is 5.59. The first-order chi connectivity index (χ1) is 12.1. The predicted molar refractivity (Wildman–Crippen MR) is 89.2 cm³/mol. The molecule has 0 aromatic heterocycles. The number of aliphatic carboxylic acids is 2. The van der Waals surface area contributed by atoms with E-state index in [4.69, 9.17) is 31.2 Å². The molecular formula is C16H26N2O8Pt. The van der Waals surface area contributed by atoms with Crippen molar-refractivity contribution in [3.63, 3.8) is 0 Å². The Labute approximate surface area is 172 Å². The van der Waals surface area contributed by atoms with E-state index in [0.717, 1.165) is 0 Å². The van der Waals surface area contributed by atoms with Gasteiger partial charge in [0.05, 0.1) is 12.2 Å². The third-order valence-corrected chi connectivity index (χ3v) is 4.28. The van der Waals surface area contributed by atoms with Crippen LogP contribution in [-0.4, -0.2) is 65.8 Å². The molecule has 0 aromatic carbocycles. The Kier molecular flexibility index (Phi) is 10.6. The zero-order valence-electron chi connectivity index (χ0n) is 15.4. The van der Waals surface area contributed by atoms with Gasteiger partial charge in [-0.2, -0.15) is 0 Å². The van der Waals surface area contributed by atoms with Gasteiger partial charge in [0, 0.05) is 25.7 Å². The number of ether oxygens (including phenoxy) is 3. The maximum atomic E-state index is 10.7. The molecule has 0 aromatic rings. The van der Waals surface area contributed by atoms with Crippen LogP contribution in [0.4, 0.5) is 0 Å². The third kappa shape index (κ3) is 6.50. The van der Waals surface area contributed by atoms with Crippen LogP contribution in [0.3, 0.4) is 0 Å². The number of hydrogen-bond acceptors (Lipinski definition) is 6. The maximum absolute atomic E-state index is 10.7. The van der Waals surface area contributed by atoms with Gasteiger partial charge in [-0.25, -0.2) is 0 Å². The fourth-order valence-electron chi connectivity index (χ4n) is 2.70. The minimum absolute atomic E-state index is 0. The van der Waals surface area contributed by atoms with Crippen molar-refractivity contribution in [2.24, 2.45) is 11.3 Å². The average Bonchev–Trinajstić information content (AvgIpc) is 2.93. The van der Waals surface area contributed by atoms with Gasteiger partial charge >= 0.3 is 39.0 Å². The standard InChI is InChI=1S/C8H16N2O2.C8H10O6.Pt/c1-5(2)8-11-6(3-9)7(4-10)12-8;1-4(9)14-5-2-8(3-5,6(10)11)7(12)13;/h5-10H,3-4H2,1-2H3;5H,2-3H2,1H3,(H,10,11)(H,12,13);/q-2;;+2/t6-,7-;;/m1../s1. The van der Waals surface area contributed by atoms with Crippen LogP contribution in [0.15, 0.2) is 0 Å². The van der Waals surface area contributed by atoms with Crippen LogP contribution in [0.5, 0.6) is 0 Å². The Bertz CT molecular complexity index is 497. The smallest absolute Gasteiger partial charge is 0.675 e. The van der Waals surface area contributed by atoms with Crippen molar-refractivity contribution in [2.45, 2.75) is 58.2 Å². The molecule has 27 heavy (non-hydrogen) atoms. The molecule has 0 amide bonds. The predicted octanol–water partition coefficient (Wildman–Crippen LogP) is 1.72. The van der Waals surface area contributed by atoms with E-state index in [1.54, 1.807) is 0 Å². The minimum Gasteiger partial charge on any atom is -0.675 e. The first-order valence-electron chi connectivity index (χ1n) is 8.31. The molecule has 158 valence electrons. The molecule has 1 aliphatic carbocycles. The van der Waals surface area contributed by atoms with Gasteiger partial charge in [0.2, 0.25) is 0 Å². The minimum atomic E-state index is -1.76. The van der Waals surface area contributed by atoms with Gasteiger partial charge in [-0.3, -0.25) is 14.4 Å². The molecule has 1 heterocycles. The van der Waals surface area contributed by atoms with Gasteiger partial charge in [0.25, 0.3) is 0 Å². The maximum Gasteiger partial charge on any atom is 2.00 e. The van der Waals surface area contributed by atoms with Gasteiger partial charge in [0.1, 0.15) is 6.10 Å². The Hall–Kier alpha value is -1.06. The first-order valence-corrected chi connectivity index (χ1v) is 8.31. The average molecular weight is 569 g/mol. The molecule has 2 atom stereocenters. The molecule has 10 nitrogen and oxygen atoms in total. The van der Waals surface area contributed by atoms with Gasteiger partial charge in [-0.1, -0.05) is 13.8 Å². The van der Waals surface area contributed by atoms with Crippen LogP contribution in [-0.2, 0) is 49.7 Å². The molecule has 4 N–H and O–H groups in total. The summed E-state index contributed by atoms with van der Waals surface area (Å²) in [5.41, 5.74) is 12.6. The fourth-order valence-corrected chi connectivity index (χ4v) is 2.70. The second-order valence-electron chi connectivity index (χ2n) is 6.70. The summed E-state index contributed by atoms with van der Waals surface area (Å²) < 4.78 is 15.6. The Morgan fingerprint density at radius 2 is 1.48 bits per heavy atom. The van der Waals surface area contributed by atoms with Crippen molar-refractivity contribution in [3.05, 3.63) is 11.5 Å². The van der Waals surface area contributed by atoms with Crippen molar-refractivity contribution < 1.29 is 59.9 Å². The van der Waals surface area contributed by atoms with Crippen molar-refractivity contribution in [2.75, 3.05) is 13.1 Å². The monoisotopic (exact) mass is 569 g/mol. The number of nitrogens with one attached hydrogen (secondary N) is 2. The van der Waals surface area contributed by atoms with E-state index in [-0.39, 0.29) is 65.5 Å². The zero-order valence-corrected chi connectivity index (χ0v) is 17.6. The number of carbonyl (C=O) groups is 3. The number of carbonyl (C=O) groups excluding carboxylic acids is 1. The summed E-state index contributed by atoms with van der Waals surface area (Å²) >= 11 is 0. The molecular weight excluding hydrogens is 543 g/mol. The number of hydrogen-bond donors (Lipinski definition) is 2. The van der Waals surface area contributed by atoms with Crippen molar-refractivity contribution >= 4 is 17.9 Å². The van der Waals surface area contributed by atoms with Crippen LogP contribution >= 0.6 is 0 Å². The summed E-state index contributed by atoms with van der Waals surface area (Å²) in [7, 11) is 0. The second kappa shape index (κ2) is 11.1. The number of esters is 1. The van der Waals surface area contributed by atoms with Gasteiger partial charge in [0.15, 0.2) is 11.7 Å².